The van der Waals surface area contributed by atoms with Gasteiger partial charge in [0.25, 0.3) is 5.91 Å². The summed E-state index contributed by atoms with van der Waals surface area (Å²) in [5.74, 6) is -1.96. The largest absolute Gasteiger partial charge is 0.480 e. The van der Waals surface area contributed by atoms with E-state index >= 15 is 0 Å². The molecule has 1 aliphatic rings. The van der Waals surface area contributed by atoms with Crippen molar-refractivity contribution < 1.29 is 32.3 Å². The molecule has 1 saturated heterocycles. The number of amides is 1. The summed E-state index contributed by atoms with van der Waals surface area (Å²) in [6.07, 6.45) is -0.226. The van der Waals surface area contributed by atoms with Gasteiger partial charge >= 0.3 is 5.97 Å². The summed E-state index contributed by atoms with van der Waals surface area (Å²) in [6, 6.07) is 0.0910. The molecule has 0 radical (unpaired) electrons. The molecule has 0 saturated carbocycles. The van der Waals surface area contributed by atoms with Crippen LogP contribution >= 0.6 is 0 Å². The van der Waals surface area contributed by atoms with Gasteiger partial charge in [0.1, 0.15) is 16.7 Å². The van der Waals surface area contributed by atoms with Crippen LogP contribution in [0.25, 0.3) is 0 Å². The Kier molecular flexibility index (Phi) is 5.02. The average Bonchev–Trinajstić information content (AvgIpc) is 3.10. The third kappa shape index (κ3) is 3.17. The lowest BCUT2D eigenvalue weighted by Crippen LogP contribution is -2.40. The van der Waals surface area contributed by atoms with E-state index in [4.69, 9.17) is 9.15 Å². The van der Waals surface area contributed by atoms with E-state index in [0.717, 1.165) is 15.3 Å². The summed E-state index contributed by atoms with van der Waals surface area (Å²) < 4.78 is 35.8. The van der Waals surface area contributed by atoms with Crippen LogP contribution in [-0.2, 0) is 19.6 Å². The van der Waals surface area contributed by atoms with E-state index in [1.165, 1.54) is 28.1 Å². The molecule has 134 valence electrons. The van der Waals surface area contributed by atoms with Crippen molar-refractivity contribution in [1.82, 2.24) is 9.21 Å². The van der Waals surface area contributed by atoms with Crippen LogP contribution in [0.2, 0.25) is 0 Å². The molecule has 1 amide bonds. The van der Waals surface area contributed by atoms with Crippen molar-refractivity contribution >= 4 is 21.9 Å². The molecule has 1 fully saturated rings. The molecule has 0 aromatic carbocycles. The Morgan fingerprint density at radius 1 is 1.42 bits per heavy atom. The fourth-order valence-electron chi connectivity index (χ4n) is 2.59. The highest BCUT2D eigenvalue weighted by Gasteiger charge is 2.41. The molecule has 2 atom stereocenters. The van der Waals surface area contributed by atoms with Crippen molar-refractivity contribution in [3.63, 3.8) is 0 Å². The van der Waals surface area contributed by atoms with Gasteiger partial charge in [-0.25, -0.2) is 17.5 Å². The molecule has 1 aromatic heterocycles. The topological polar surface area (TPSA) is 117 Å². The molecule has 1 aliphatic heterocycles. The third-order valence-corrected chi connectivity index (χ3v) is 5.91. The summed E-state index contributed by atoms with van der Waals surface area (Å²) in [6.45, 7) is 1.53. The summed E-state index contributed by atoms with van der Waals surface area (Å²) in [7, 11) is 0.416. The van der Waals surface area contributed by atoms with Gasteiger partial charge in [-0.1, -0.05) is 0 Å². The van der Waals surface area contributed by atoms with E-state index in [9.17, 15) is 23.1 Å². The van der Waals surface area contributed by atoms with Crippen LogP contribution < -0.4 is 0 Å². The number of carbonyl (C=O) groups is 2. The smallest absolute Gasteiger partial charge is 0.326 e. The molecular weight excluding hydrogens is 340 g/mol. The van der Waals surface area contributed by atoms with Crippen LogP contribution in [0, 0.1) is 6.92 Å². The van der Waals surface area contributed by atoms with E-state index in [1.54, 1.807) is 0 Å². The number of hydrogen-bond acceptors (Lipinski definition) is 6. The second-order valence-corrected chi connectivity index (χ2v) is 7.84. The van der Waals surface area contributed by atoms with Gasteiger partial charge in [-0.15, -0.1) is 0 Å². The fourth-order valence-corrected chi connectivity index (χ4v) is 3.65. The molecule has 1 aromatic rings. The van der Waals surface area contributed by atoms with Gasteiger partial charge in [-0.2, -0.15) is 0 Å². The molecule has 2 unspecified atom stereocenters. The van der Waals surface area contributed by atoms with Gasteiger partial charge in [0, 0.05) is 40.2 Å². The number of carboxylic acids is 1. The molecule has 1 N–H and O–H groups in total. The molecule has 10 heteroatoms. The number of hydrogen-bond donors (Lipinski definition) is 1. The Labute approximate surface area is 139 Å². The van der Waals surface area contributed by atoms with E-state index in [1.807, 2.05) is 0 Å². The number of carboxylic acid groups (broad SMARTS) is 1. The molecule has 0 spiro atoms. The normalized spacial score (nSPS) is 21.5. The van der Waals surface area contributed by atoms with Crippen molar-refractivity contribution in [2.75, 3.05) is 27.7 Å². The number of methoxy groups -OCH3 is 1. The van der Waals surface area contributed by atoms with E-state index < -0.39 is 34.0 Å². The predicted molar refractivity (Wildman–Crippen MR) is 82.2 cm³/mol. The van der Waals surface area contributed by atoms with Crippen molar-refractivity contribution in [1.29, 1.82) is 0 Å². The number of aryl methyl sites for hydroxylation is 1. The number of nitrogens with zero attached hydrogens (tertiary/aromatic N) is 2. The number of sulfonamides is 1. The Morgan fingerprint density at radius 2 is 2.04 bits per heavy atom. The van der Waals surface area contributed by atoms with Gasteiger partial charge in [-0.05, 0) is 6.92 Å². The molecule has 9 nitrogen and oxygen atoms in total. The summed E-state index contributed by atoms with van der Waals surface area (Å²) in [4.78, 5) is 24.9. The maximum absolute atomic E-state index is 12.6. The number of carbonyl (C=O) groups excluding carboxylic acids is 1. The monoisotopic (exact) mass is 360 g/mol. The Bertz CT molecular complexity index is 753. The first-order valence-electron chi connectivity index (χ1n) is 7.19. The van der Waals surface area contributed by atoms with Gasteiger partial charge in [0.15, 0.2) is 5.76 Å². The Hall–Kier alpha value is -1.91. The summed E-state index contributed by atoms with van der Waals surface area (Å²) >= 11 is 0. The molecule has 2 rings (SSSR count). The second kappa shape index (κ2) is 6.54. The van der Waals surface area contributed by atoms with Crippen molar-refractivity contribution in [2.45, 2.75) is 30.4 Å². The minimum absolute atomic E-state index is 0.0708. The van der Waals surface area contributed by atoms with Gasteiger partial charge < -0.3 is 19.2 Å². The molecule has 0 bridgehead atoms. The van der Waals surface area contributed by atoms with Crippen LogP contribution in [0.15, 0.2) is 15.4 Å². The lowest BCUT2D eigenvalue weighted by Gasteiger charge is -2.19. The fraction of sp³-hybridized carbons (Fsp3) is 0.571. The first-order valence-corrected chi connectivity index (χ1v) is 8.63. The van der Waals surface area contributed by atoms with Crippen LogP contribution in [-0.4, -0.2) is 74.5 Å². The van der Waals surface area contributed by atoms with Gasteiger partial charge in [-0.3, -0.25) is 4.79 Å². The van der Waals surface area contributed by atoms with E-state index in [2.05, 4.69) is 0 Å². The lowest BCUT2D eigenvalue weighted by molar-refractivity contribution is -0.141. The third-order valence-electron chi connectivity index (χ3n) is 3.98. The second-order valence-electron chi connectivity index (χ2n) is 5.72. The highest BCUT2D eigenvalue weighted by molar-refractivity contribution is 7.89. The standard InChI is InChI=1S/C14H20N2O7S/c1-8-12(24(20,21)15(2)3)6-11(23-8)13(17)16-7-9(22-4)5-10(16)14(18)19/h6,9-10H,5,7H2,1-4H3,(H,18,19). The van der Waals surface area contributed by atoms with Crippen molar-refractivity contribution in [2.24, 2.45) is 0 Å². The maximum atomic E-state index is 12.6. The minimum Gasteiger partial charge on any atom is -0.480 e. The SMILES string of the molecule is COC1CC(C(=O)O)N(C(=O)c2cc(S(=O)(=O)N(C)C)c(C)o2)C1. The first kappa shape index (κ1) is 18.4. The van der Waals surface area contributed by atoms with Crippen molar-refractivity contribution in [3.05, 3.63) is 17.6 Å². The number of furan rings is 1. The first-order chi connectivity index (χ1) is 11.1. The Balaban J connectivity index is 2.36. The summed E-state index contributed by atoms with van der Waals surface area (Å²) in [5, 5.41) is 9.27. The number of ether oxygens (including phenoxy) is 1. The van der Waals surface area contributed by atoms with E-state index in [0.29, 0.717) is 0 Å². The maximum Gasteiger partial charge on any atom is 0.326 e. The molecular formula is C14H20N2O7S. The predicted octanol–water partition coefficient (Wildman–Crippen LogP) is 0.152. The molecule has 24 heavy (non-hydrogen) atoms. The zero-order chi connectivity index (χ0) is 18.2. The van der Waals surface area contributed by atoms with Gasteiger partial charge in [0.05, 0.1) is 6.10 Å². The van der Waals surface area contributed by atoms with Crippen LogP contribution in [0.1, 0.15) is 22.7 Å². The van der Waals surface area contributed by atoms with Gasteiger partial charge in [0.2, 0.25) is 10.0 Å². The lowest BCUT2D eigenvalue weighted by atomic mass is 10.2. The van der Waals surface area contributed by atoms with Crippen molar-refractivity contribution in [3.8, 4) is 0 Å². The molecule has 0 aliphatic carbocycles. The average molecular weight is 360 g/mol. The zero-order valence-corrected chi connectivity index (χ0v) is 14.7. The quantitative estimate of drug-likeness (QED) is 0.794. The van der Waals surface area contributed by atoms with E-state index in [-0.39, 0.29) is 29.4 Å². The number of rotatable bonds is 5. The minimum atomic E-state index is -3.76. The van der Waals surface area contributed by atoms with Crippen LogP contribution in [0.3, 0.4) is 0 Å². The highest BCUT2D eigenvalue weighted by Crippen LogP contribution is 2.27. The van der Waals surface area contributed by atoms with Crippen LogP contribution in [0.5, 0.6) is 0 Å². The zero-order valence-electron chi connectivity index (χ0n) is 13.8. The summed E-state index contributed by atoms with van der Waals surface area (Å²) in [5.41, 5.74) is 0. The van der Waals surface area contributed by atoms with Crippen LogP contribution in [0.4, 0.5) is 0 Å². The number of likely N-dealkylation sites (tertiary alicyclic amines) is 1. The molecule has 2 heterocycles. The number of aliphatic carboxylic acids is 1. The highest BCUT2D eigenvalue weighted by atomic mass is 32.2. The Morgan fingerprint density at radius 3 is 2.54 bits per heavy atom.